The van der Waals surface area contributed by atoms with E-state index in [9.17, 15) is 9.59 Å². The van der Waals surface area contributed by atoms with Gasteiger partial charge in [-0.3, -0.25) is 14.3 Å². The average Bonchev–Trinajstić information content (AvgIpc) is 2.39. The fraction of sp³-hybridized carbons (Fsp3) is 0.583. The SMILES string of the molecule is CSC1CCCC(n2cc(C#N)c(=O)[nH]c2=O)C1. The highest BCUT2D eigenvalue weighted by Crippen LogP contribution is 2.33. The lowest BCUT2D eigenvalue weighted by Gasteiger charge is -2.29. The number of aromatic amines is 1. The lowest BCUT2D eigenvalue weighted by molar-refractivity contribution is 0.349. The molecule has 0 aliphatic heterocycles. The van der Waals surface area contributed by atoms with E-state index in [0.717, 1.165) is 19.3 Å². The van der Waals surface area contributed by atoms with Crippen LogP contribution in [0.4, 0.5) is 0 Å². The topological polar surface area (TPSA) is 78.7 Å². The summed E-state index contributed by atoms with van der Waals surface area (Å²) >= 11 is 1.81. The minimum absolute atomic E-state index is 0.000810. The lowest BCUT2D eigenvalue weighted by atomic mass is 9.94. The van der Waals surface area contributed by atoms with Gasteiger partial charge >= 0.3 is 5.69 Å². The van der Waals surface area contributed by atoms with Crippen LogP contribution in [0, 0.1) is 11.3 Å². The second-order valence-electron chi connectivity index (χ2n) is 4.50. The van der Waals surface area contributed by atoms with Crippen molar-refractivity contribution in [2.45, 2.75) is 37.0 Å². The summed E-state index contributed by atoms with van der Waals surface area (Å²) in [6.45, 7) is 0. The molecule has 1 aliphatic rings. The Bertz CT molecular complexity index is 584. The van der Waals surface area contributed by atoms with Gasteiger partial charge in [0.15, 0.2) is 0 Å². The molecule has 1 heterocycles. The number of nitrogens with one attached hydrogen (secondary N) is 1. The van der Waals surface area contributed by atoms with Crippen LogP contribution in [0.5, 0.6) is 0 Å². The molecule has 6 heteroatoms. The minimum atomic E-state index is -0.601. The van der Waals surface area contributed by atoms with Crippen molar-refractivity contribution >= 4 is 11.8 Å². The van der Waals surface area contributed by atoms with E-state index in [1.807, 2.05) is 17.8 Å². The molecule has 18 heavy (non-hydrogen) atoms. The van der Waals surface area contributed by atoms with Crippen molar-refractivity contribution in [2.24, 2.45) is 0 Å². The Labute approximate surface area is 109 Å². The Kier molecular flexibility index (Phi) is 3.92. The van der Waals surface area contributed by atoms with E-state index in [0.29, 0.717) is 5.25 Å². The zero-order valence-electron chi connectivity index (χ0n) is 10.2. The van der Waals surface area contributed by atoms with Crippen LogP contribution >= 0.6 is 11.8 Å². The van der Waals surface area contributed by atoms with Crippen LogP contribution in [0.15, 0.2) is 15.8 Å². The number of H-pyrrole nitrogens is 1. The van der Waals surface area contributed by atoms with E-state index in [-0.39, 0.29) is 11.6 Å². The van der Waals surface area contributed by atoms with Crippen LogP contribution in [-0.2, 0) is 0 Å². The summed E-state index contributed by atoms with van der Waals surface area (Å²) in [6.07, 6.45) is 7.55. The van der Waals surface area contributed by atoms with Crippen LogP contribution in [-0.4, -0.2) is 21.1 Å². The van der Waals surface area contributed by atoms with E-state index < -0.39 is 11.2 Å². The van der Waals surface area contributed by atoms with Crippen molar-refractivity contribution in [1.82, 2.24) is 9.55 Å². The fourth-order valence-electron chi connectivity index (χ4n) is 2.42. The Morgan fingerprint density at radius 2 is 2.28 bits per heavy atom. The summed E-state index contributed by atoms with van der Waals surface area (Å²) in [5.74, 6) is 0. The monoisotopic (exact) mass is 265 g/mol. The van der Waals surface area contributed by atoms with Gasteiger partial charge in [0.2, 0.25) is 0 Å². The quantitative estimate of drug-likeness (QED) is 0.873. The summed E-state index contributed by atoms with van der Waals surface area (Å²) in [6, 6.07) is 1.91. The first-order valence-corrected chi connectivity index (χ1v) is 7.23. The second kappa shape index (κ2) is 5.44. The molecular weight excluding hydrogens is 250 g/mol. The van der Waals surface area contributed by atoms with Crippen molar-refractivity contribution in [3.05, 3.63) is 32.6 Å². The Hall–Kier alpha value is -1.48. The second-order valence-corrected chi connectivity index (χ2v) is 5.64. The van der Waals surface area contributed by atoms with E-state index in [1.54, 1.807) is 0 Å². The molecular formula is C12H15N3O2S. The van der Waals surface area contributed by atoms with Gasteiger partial charge in [0.25, 0.3) is 5.56 Å². The predicted octanol–water partition coefficient (Wildman–Crippen LogP) is 1.25. The molecule has 0 aromatic carbocycles. The van der Waals surface area contributed by atoms with E-state index >= 15 is 0 Å². The molecule has 0 amide bonds. The third kappa shape index (κ3) is 2.51. The molecule has 0 saturated heterocycles. The molecule has 1 aliphatic carbocycles. The van der Waals surface area contributed by atoms with Crippen molar-refractivity contribution in [3.8, 4) is 6.07 Å². The molecule has 0 spiro atoms. The molecule has 1 fully saturated rings. The highest BCUT2D eigenvalue weighted by Gasteiger charge is 2.23. The van der Waals surface area contributed by atoms with Gasteiger partial charge in [-0.2, -0.15) is 17.0 Å². The number of nitrogens with zero attached hydrogens (tertiary/aromatic N) is 2. The highest BCUT2D eigenvalue weighted by molar-refractivity contribution is 7.99. The van der Waals surface area contributed by atoms with Gasteiger partial charge in [0.1, 0.15) is 11.6 Å². The van der Waals surface area contributed by atoms with E-state index in [4.69, 9.17) is 5.26 Å². The fourth-order valence-corrected chi connectivity index (χ4v) is 3.24. The number of aromatic nitrogens is 2. The molecule has 96 valence electrons. The van der Waals surface area contributed by atoms with Crippen molar-refractivity contribution in [2.75, 3.05) is 6.26 Å². The molecule has 2 atom stereocenters. The van der Waals surface area contributed by atoms with Gasteiger partial charge in [-0.1, -0.05) is 6.42 Å². The smallest absolute Gasteiger partial charge is 0.296 e. The van der Waals surface area contributed by atoms with Crippen LogP contribution in [0.1, 0.15) is 37.3 Å². The molecule has 5 nitrogen and oxygen atoms in total. The molecule has 1 N–H and O–H groups in total. The molecule has 0 bridgehead atoms. The summed E-state index contributed by atoms with van der Waals surface area (Å²) in [5, 5.41) is 9.39. The summed E-state index contributed by atoms with van der Waals surface area (Å²) in [4.78, 5) is 25.3. The van der Waals surface area contributed by atoms with E-state index in [2.05, 4.69) is 11.2 Å². The zero-order valence-corrected chi connectivity index (χ0v) is 11.0. The first-order chi connectivity index (χ1) is 8.65. The lowest BCUT2D eigenvalue weighted by Crippen LogP contribution is -2.35. The number of rotatable bonds is 2. The Balaban J connectivity index is 2.36. The standard InChI is InChI=1S/C12H15N3O2S/c1-18-10-4-2-3-9(5-10)15-7-8(6-13)11(16)14-12(15)17/h7,9-10H,2-5H2,1H3,(H,14,16,17). The molecule has 0 radical (unpaired) electrons. The van der Waals surface area contributed by atoms with Crippen molar-refractivity contribution in [1.29, 1.82) is 5.26 Å². The summed E-state index contributed by atoms with van der Waals surface area (Å²) in [5.41, 5.74) is -1.01. The maximum Gasteiger partial charge on any atom is 0.328 e. The highest BCUT2D eigenvalue weighted by atomic mass is 32.2. The van der Waals surface area contributed by atoms with Gasteiger partial charge < -0.3 is 0 Å². The maximum absolute atomic E-state index is 11.8. The van der Waals surface area contributed by atoms with Gasteiger partial charge in [-0.15, -0.1) is 0 Å². The third-order valence-corrected chi connectivity index (χ3v) is 4.51. The largest absolute Gasteiger partial charge is 0.328 e. The van der Waals surface area contributed by atoms with Gasteiger partial charge in [-0.25, -0.2) is 4.79 Å². The molecule has 1 aromatic rings. The van der Waals surface area contributed by atoms with Crippen LogP contribution in [0.3, 0.4) is 0 Å². The summed E-state index contributed by atoms with van der Waals surface area (Å²) < 4.78 is 1.52. The number of thioether (sulfide) groups is 1. The molecule has 2 unspecified atom stereocenters. The first kappa shape index (κ1) is 13.0. The summed E-state index contributed by atoms with van der Waals surface area (Å²) in [7, 11) is 0. The molecule has 2 rings (SSSR count). The molecule has 1 aromatic heterocycles. The van der Waals surface area contributed by atoms with Crippen molar-refractivity contribution < 1.29 is 0 Å². The van der Waals surface area contributed by atoms with Crippen LogP contribution in [0.25, 0.3) is 0 Å². The van der Waals surface area contributed by atoms with Gasteiger partial charge in [0, 0.05) is 17.5 Å². The van der Waals surface area contributed by atoms with Crippen LogP contribution in [0.2, 0.25) is 0 Å². The predicted molar refractivity (Wildman–Crippen MR) is 70.8 cm³/mol. The molecule has 1 saturated carbocycles. The van der Waals surface area contributed by atoms with Crippen LogP contribution < -0.4 is 11.2 Å². The maximum atomic E-state index is 11.8. The zero-order chi connectivity index (χ0) is 13.1. The number of hydrogen-bond donors (Lipinski definition) is 1. The van der Waals surface area contributed by atoms with Gasteiger partial charge in [0.05, 0.1) is 0 Å². The van der Waals surface area contributed by atoms with Crippen molar-refractivity contribution in [3.63, 3.8) is 0 Å². The Morgan fingerprint density at radius 1 is 1.50 bits per heavy atom. The normalized spacial score (nSPS) is 23.6. The Morgan fingerprint density at radius 3 is 2.94 bits per heavy atom. The van der Waals surface area contributed by atoms with E-state index in [1.165, 1.54) is 17.2 Å². The van der Waals surface area contributed by atoms with Gasteiger partial charge in [-0.05, 0) is 25.5 Å². The number of nitriles is 1. The number of hydrogen-bond acceptors (Lipinski definition) is 4. The third-order valence-electron chi connectivity index (χ3n) is 3.41. The minimum Gasteiger partial charge on any atom is -0.296 e. The first-order valence-electron chi connectivity index (χ1n) is 5.94. The average molecular weight is 265 g/mol.